The number of aryl methyl sites for hydroxylation is 1. The van der Waals surface area contributed by atoms with Gasteiger partial charge in [-0.1, -0.05) is 36.3 Å². The Morgan fingerprint density at radius 1 is 1.40 bits per heavy atom. The molecule has 0 radical (unpaired) electrons. The van der Waals surface area contributed by atoms with Crippen molar-refractivity contribution in [3.63, 3.8) is 0 Å². The predicted octanol–water partition coefficient (Wildman–Crippen LogP) is 2.82. The van der Waals surface area contributed by atoms with Crippen molar-refractivity contribution < 1.29 is 4.52 Å². The van der Waals surface area contributed by atoms with Crippen LogP contribution in [0.2, 0.25) is 0 Å². The summed E-state index contributed by atoms with van der Waals surface area (Å²) < 4.78 is 5.36. The molecule has 0 aliphatic heterocycles. The minimum atomic E-state index is 0.0990. The molecule has 1 aromatic carbocycles. The average Bonchev–Trinajstić information content (AvgIpc) is 2.94. The number of hydrogen-bond donors (Lipinski definition) is 1. The number of nitrogens with zero attached hydrogens (tertiary/aromatic N) is 2. The second kappa shape index (κ2) is 5.75. The van der Waals surface area contributed by atoms with Crippen molar-refractivity contribution in [2.75, 3.05) is 0 Å². The minimum absolute atomic E-state index is 0.0990. The van der Waals surface area contributed by atoms with E-state index < -0.39 is 0 Å². The van der Waals surface area contributed by atoms with Gasteiger partial charge in [-0.05, 0) is 36.8 Å². The highest BCUT2D eigenvalue weighted by molar-refractivity contribution is 5.36. The molecule has 0 saturated heterocycles. The number of hydrogen-bond acceptors (Lipinski definition) is 4. The van der Waals surface area contributed by atoms with E-state index in [0.717, 1.165) is 25.1 Å². The van der Waals surface area contributed by atoms with Crippen LogP contribution >= 0.6 is 0 Å². The van der Waals surface area contributed by atoms with E-state index in [1.807, 2.05) is 0 Å². The van der Waals surface area contributed by atoms with Crippen molar-refractivity contribution in [3.8, 4) is 0 Å². The highest BCUT2D eigenvalue weighted by Crippen LogP contribution is 2.35. The van der Waals surface area contributed by atoms with E-state index >= 15 is 0 Å². The Bertz CT molecular complexity index is 579. The summed E-state index contributed by atoms with van der Waals surface area (Å²) in [6, 6.07) is 8.68. The van der Waals surface area contributed by atoms with Crippen LogP contribution in [0.1, 0.15) is 54.9 Å². The van der Waals surface area contributed by atoms with Gasteiger partial charge in [0.15, 0.2) is 5.82 Å². The Balaban J connectivity index is 1.84. The van der Waals surface area contributed by atoms with Crippen molar-refractivity contribution in [3.05, 3.63) is 47.1 Å². The van der Waals surface area contributed by atoms with Crippen molar-refractivity contribution in [1.82, 2.24) is 10.1 Å². The fraction of sp³-hybridized carbons (Fsp3) is 0.500. The molecule has 2 N–H and O–H groups in total. The summed E-state index contributed by atoms with van der Waals surface area (Å²) in [5.74, 6) is 1.75. The molecule has 20 heavy (non-hydrogen) atoms. The van der Waals surface area contributed by atoms with E-state index in [-0.39, 0.29) is 12.0 Å². The standard InChI is InChI=1S/C16H21N3O/c1-2-12(17)10-15-18-16(19-20-15)14-9-5-7-11-6-3-4-8-13(11)14/h3-4,6,8,12,14H,2,5,7,9-10,17H2,1H3. The molecule has 2 aromatic rings. The van der Waals surface area contributed by atoms with Gasteiger partial charge in [-0.3, -0.25) is 0 Å². The van der Waals surface area contributed by atoms with E-state index in [1.54, 1.807) is 0 Å². The lowest BCUT2D eigenvalue weighted by Gasteiger charge is -2.22. The normalized spacial score (nSPS) is 19.6. The molecule has 0 saturated carbocycles. The van der Waals surface area contributed by atoms with Crippen LogP contribution in [0.5, 0.6) is 0 Å². The Morgan fingerprint density at radius 2 is 2.25 bits per heavy atom. The van der Waals surface area contributed by atoms with E-state index in [2.05, 4.69) is 41.3 Å². The van der Waals surface area contributed by atoms with Crippen molar-refractivity contribution >= 4 is 0 Å². The van der Waals surface area contributed by atoms with Crippen molar-refractivity contribution in [2.45, 2.75) is 51.0 Å². The maximum atomic E-state index is 5.94. The van der Waals surface area contributed by atoms with Crippen LogP contribution in [-0.2, 0) is 12.8 Å². The van der Waals surface area contributed by atoms with Gasteiger partial charge in [0.25, 0.3) is 0 Å². The first-order valence-corrected chi connectivity index (χ1v) is 7.43. The molecule has 1 heterocycles. The van der Waals surface area contributed by atoms with Crippen molar-refractivity contribution in [2.24, 2.45) is 5.73 Å². The van der Waals surface area contributed by atoms with E-state index in [9.17, 15) is 0 Å². The van der Waals surface area contributed by atoms with Crippen molar-refractivity contribution in [1.29, 1.82) is 0 Å². The summed E-state index contributed by atoms with van der Waals surface area (Å²) in [5, 5.41) is 4.18. The summed E-state index contributed by atoms with van der Waals surface area (Å²) in [6.07, 6.45) is 5.01. The predicted molar refractivity (Wildman–Crippen MR) is 77.5 cm³/mol. The maximum Gasteiger partial charge on any atom is 0.228 e. The maximum absolute atomic E-state index is 5.94. The highest BCUT2D eigenvalue weighted by Gasteiger charge is 2.25. The summed E-state index contributed by atoms with van der Waals surface area (Å²) in [5.41, 5.74) is 8.71. The van der Waals surface area contributed by atoms with Crippen LogP contribution in [0.3, 0.4) is 0 Å². The molecular formula is C16H21N3O. The first-order chi connectivity index (χ1) is 9.78. The van der Waals surface area contributed by atoms with Crippen LogP contribution in [0.25, 0.3) is 0 Å². The number of fused-ring (bicyclic) bond motifs is 1. The quantitative estimate of drug-likeness (QED) is 0.928. The molecule has 0 amide bonds. The first-order valence-electron chi connectivity index (χ1n) is 7.43. The summed E-state index contributed by atoms with van der Waals surface area (Å²) >= 11 is 0. The van der Waals surface area contributed by atoms with E-state index in [0.29, 0.717) is 12.3 Å². The molecule has 3 rings (SSSR count). The fourth-order valence-corrected chi connectivity index (χ4v) is 2.88. The van der Waals surface area contributed by atoms with Crippen LogP contribution in [0.4, 0.5) is 0 Å². The minimum Gasteiger partial charge on any atom is -0.339 e. The SMILES string of the molecule is CCC(N)Cc1nc(C2CCCc3ccccc32)no1. The number of aromatic nitrogens is 2. The number of rotatable bonds is 4. The highest BCUT2D eigenvalue weighted by atomic mass is 16.5. The topological polar surface area (TPSA) is 64.9 Å². The summed E-state index contributed by atoms with van der Waals surface area (Å²) in [6.45, 7) is 2.07. The molecule has 1 aliphatic rings. The molecular weight excluding hydrogens is 250 g/mol. The number of nitrogens with two attached hydrogens (primary N) is 1. The molecule has 2 atom stereocenters. The molecule has 106 valence electrons. The summed E-state index contributed by atoms with van der Waals surface area (Å²) in [4.78, 5) is 4.56. The third kappa shape index (κ3) is 2.61. The lowest BCUT2D eigenvalue weighted by atomic mass is 9.82. The third-order valence-corrected chi connectivity index (χ3v) is 4.13. The van der Waals surface area contributed by atoms with Crippen LogP contribution in [0.15, 0.2) is 28.8 Å². The molecule has 0 fully saturated rings. The average molecular weight is 271 g/mol. The molecule has 4 nitrogen and oxygen atoms in total. The van der Waals surface area contributed by atoms with Gasteiger partial charge in [0.2, 0.25) is 5.89 Å². The van der Waals surface area contributed by atoms with E-state index in [1.165, 1.54) is 17.5 Å². The smallest absolute Gasteiger partial charge is 0.228 e. The lowest BCUT2D eigenvalue weighted by molar-refractivity contribution is 0.360. The van der Waals surface area contributed by atoms with Gasteiger partial charge < -0.3 is 10.3 Å². The van der Waals surface area contributed by atoms with Gasteiger partial charge in [0.05, 0.1) is 0 Å². The summed E-state index contributed by atoms with van der Waals surface area (Å²) in [7, 11) is 0. The van der Waals surface area contributed by atoms with E-state index in [4.69, 9.17) is 10.3 Å². The van der Waals surface area contributed by atoms with Crippen LogP contribution in [-0.4, -0.2) is 16.2 Å². The van der Waals surface area contributed by atoms with Gasteiger partial charge in [-0.2, -0.15) is 4.98 Å². The van der Waals surface area contributed by atoms with Gasteiger partial charge in [0, 0.05) is 18.4 Å². The zero-order valence-electron chi connectivity index (χ0n) is 11.9. The van der Waals surface area contributed by atoms with Gasteiger partial charge >= 0.3 is 0 Å². The fourth-order valence-electron chi connectivity index (χ4n) is 2.88. The molecule has 0 spiro atoms. The monoisotopic (exact) mass is 271 g/mol. The lowest BCUT2D eigenvalue weighted by Crippen LogP contribution is -2.21. The third-order valence-electron chi connectivity index (χ3n) is 4.13. The zero-order chi connectivity index (χ0) is 13.9. The Kier molecular flexibility index (Phi) is 3.83. The van der Waals surface area contributed by atoms with Crippen LogP contribution in [0, 0.1) is 0 Å². The molecule has 0 bridgehead atoms. The molecule has 4 heteroatoms. The molecule has 1 aliphatic carbocycles. The van der Waals surface area contributed by atoms with Gasteiger partial charge in [-0.15, -0.1) is 0 Å². The molecule has 2 unspecified atom stereocenters. The Labute approximate surface area is 119 Å². The second-order valence-electron chi connectivity index (χ2n) is 5.56. The Hall–Kier alpha value is -1.68. The zero-order valence-corrected chi connectivity index (χ0v) is 11.9. The second-order valence-corrected chi connectivity index (χ2v) is 5.56. The molecule has 1 aromatic heterocycles. The van der Waals surface area contributed by atoms with Crippen LogP contribution < -0.4 is 5.73 Å². The number of benzene rings is 1. The Morgan fingerprint density at radius 3 is 3.10 bits per heavy atom. The van der Waals surface area contributed by atoms with Gasteiger partial charge in [-0.25, -0.2) is 0 Å². The van der Waals surface area contributed by atoms with Gasteiger partial charge in [0.1, 0.15) is 0 Å². The first kappa shape index (κ1) is 13.3. The largest absolute Gasteiger partial charge is 0.339 e.